The van der Waals surface area contributed by atoms with E-state index in [1.54, 1.807) is 4.90 Å². The Morgan fingerprint density at radius 3 is 2.69 bits per heavy atom. The van der Waals surface area contributed by atoms with Crippen LogP contribution in [0.3, 0.4) is 0 Å². The van der Waals surface area contributed by atoms with Crippen LogP contribution in [-0.4, -0.2) is 41.9 Å². The van der Waals surface area contributed by atoms with Gasteiger partial charge in [0.05, 0.1) is 12.1 Å². The van der Waals surface area contributed by atoms with Gasteiger partial charge in [0.1, 0.15) is 29.5 Å². The van der Waals surface area contributed by atoms with Crippen LogP contribution in [-0.2, 0) is 4.74 Å². The fourth-order valence-corrected chi connectivity index (χ4v) is 5.15. The molecule has 7 heteroatoms. The summed E-state index contributed by atoms with van der Waals surface area (Å²) in [5.41, 5.74) is 0.589. The average Bonchev–Trinajstić information content (AvgIpc) is 3.10. The number of nitrogens with zero attached hydrogens (tertiary/aromatic N) is 1. The Labute approximate surface area is 193 Å². The van der Waals surface area contributed by atoms with Crippen molar-refractivity contribution in [3.8, 4) is 11.5 Å². The van der Waals surface area contributed by atoms with E-state index in [-0.39, 0.29) is 30.0 Å². The van der Waals surface area contributed by atoms with Crippen molar-refractivity contribution < 1.29 is 23.4 Å². The first-order chi connectivity index (χ1) is 15.1. The number of carbonyl (C=O) groups excluding carboxylic acids is 1. The molecule has 1 amide bonds. The number of amides is 1. The van der Waals surface area contributed by atoms with Gasteiger partial charge < -0.3 is 19.1 Å². The number of hydrogen-bond acceptors (Lipinski definition) is 5. The highest BCUT2D eigenvalue weighted by atomic mass is 32.2. The summed E-state index contributed by atoms with van der Waals surface area (Å²) in [4.78, 5) is 16.1. The topological polar surface area (TPSA) is 48.0 Å². The molecule has 2 aromatic carbocycles. The Balaban J connectivity index is 1.49. The first-order valence-electron chi connectivity index (χ1n) is 11.0. The summed E-state index contributed by atoms with van der Waals surface area (Å²) in [5.74, 6) is 1.26. The molecule has 1 saturated heterocycles. The fourth-order valence-electron chi connectivity index (χ4n) is 4.23. The third kappa shape index (κ3) is 5.14. The third-order valence-electron chi connectivity index (χ3n) is 5.42. The summed E-state index contributed by atoms with van der Waals surface area (Å²) in [6, 6.07) is 10.8. The monoisotopic (exact) mass is 459 g/mol. The van der Waals surface area contributed by atoms with Crippen LogP contribution in [0.1, 0.15) is 52.5 Å². The second kappa shape index (κ2) is 8.85. The Hall–Kier alpha value is -2.41. The number of benzene rings is 2. The molecule has 172 valence electrons. The maximum atomic E-state index is 14.0. The Bertz CT molecular complexity index is 1000. The van der Waals surface area contributed by atoms with E-state index in [1.807, 2.05) is 52.8 Å². The van der Waals surface area contributed by atoms with Gasteiger partial charge in [-0.05, 0) is 70.9 Å². The lowest BCUT2D eigenvalue weighted by molar-refractivity contribution is 0.0164. The zero-order valence-electron chi connectivity index (χ0n) is 19.2. The van der Waals surface area contributed by atoms with Gasteiger partial charge in [0.15, 0.2) is 0 Å². The normalized spacial score (nSPS) is 19.9. The SMILES string of the molecule is CC(C)Oc1cc(F)cc(Sc2ccc3c(c2)OCC2C3CCN2C(=O)OC(C)(C)C)c1. The smallest absolute Gasteiger partial charge is 0.410 e. The van der Waals surface area contributed by atoms with Gasteiger partial charge in [-0.2, -0.15) is 0 Å². The summed E-state index contributed by atoms with van der Waals surface area (Å²) in [5, 5.41) is 0. The first kappa shape index (κ1) is 22.8. The molecule has 2 aliphatic heterocycles. The van der Waals surface area contributed by atoms with Crippen molar-refractivity contribution >= 4 is 17.9 Å². The molecule has 2 heterocycles. The number of fused-ring (bicyclic) bond motifs is 3. The average molecular weight is 460 g/mol. The van der Waals surface area contributed by atoms with Gasteiger partial charge in [0, 0.05) is 28.3 Å². The molecule has 0 aliphatic carbocycles. The van der Waals surface area contributed by atoms with Gasteiger partial charge in [-0.3, -0.25) is 0 Å². The van der Waals surface area contributed by atoms with Crippen LogP contribution < -0.4 is 9.47 Å². The Morgan fingerprint density at radius 2 is 1.97 bits per heavy atom. The van der Waals surface area contributed by atoms with Crippen molar-refractivity contribution in [2.75, 3.05) is 13.2 Å². The van der Waals surface area contributed by atoms with Crippen LogP contribution in [0.4, 0.5) is 9.18 Å². The van der Waals surface area contributed by atoms with Crippen LogP contribution in [0.5, 0.6) is 11.5 Å². The largest absolute Gasteiger partial charge is 0.491 e. The van der Waals surface area contributed by atoms with E-state index in [4.69, 9.17) is 14.2 Å². The molecule has 0 bridgehead atoms. The minimum absolute atomic E-state index is 0.0187. The zero-order chi connectivity index (χ0) is 23.0. The van der Waals surface area contributed by atoms with E-state index in [0.29, 0.717) is 18.9 Å². The lowest BCUT2D eigenvalue weighted by Crippen LogP contribution is -2.45. The van der Waals surface area contributed by atoms with Crippen LogP contribution in [0.2, 0.25) is 0 Å². The third-order valence-corrected chi connectivity index (χ3v) is 6.38. The molecule has 0 aromatic heterocycles. The molecule has 2 unspecified atom stereocenters. The van der Waals surface area contributed by atoms with Crippen molar-refractivity contribution in [1.82, 2.24) is 4.90 Å². The molecular weight excluding hydrogens is 429 g/mol. The van der Waals surface area contributed by atoms with Crippen molar-refractivity contribution in [2.45, 2.75) is 74.5 Å². The molecule has 2 aromatic rings. The van der Waals surface area contributed by atoms with Gasteiger partial charge in [-0.1, -0.05) is 17.8 Å². The molecular formula is C25H30FNO4S. The van der Waals surface area contributed by atoms with Gasteiger partial charge in [0.2, 0.25) is 0 Å². The lowest BCUT2D eigenvalue weighted by atomic mass is 9.89. The van der Waals surface area contributed by atoms with E-state index in [1.165, 1.54) is 23.9 Å². The van der Waals surface area contributed by atoms with Crippen molar-refractivity contribution in [2.24, 2.45) is 0 Å². The number of carbonyl (C=O) groups is 1. The highest BCUT2D eigenvalue weighted by Crippen LogP contribution is 2.44. The van der Waals surface area contributed by atoms with Crippen LogP contribution in [0, 0.1) is 5.82 Å². The van der Waals surface area contributed by atoms with E-state index >= 15 is 0 Å². The van der Waals surface area contributed by atoms with E-state index in [9.17, 15) is 9.18 Å². The number of halogens is 1. The molecule has 0 N–H and O–H groups in total. The number of likely N-dealkylation sites (tertiary alicyclic amines) is 1. The summed E-state index contributed by atoms with van der Waals surface area (Å²) in [6.07, 6.45) is 0.577. The quantitative estimate of drug-likeness (QED) is 0.541. The molecule has 1 fully saturated rings. The summed E-state index contributed by atoms with van der Waals surface area (Å²) < 4.78 is 31.3. The number of rotatable bonds is 4. The minimum Gasteiger partial charge on any atom is -0.491 e. The van der Waals surface area contributed by atoms with Crippen molar-refractivity contribution in [3.05, 3.63) is 47.8 Å². The highest BCUT2D eigenvalue weighted by molar-refractivity contribution is 7.99. The lowest BCUT2D eigenvalue weighted by Gasteiger charge is -2.34. The van der Waals surface area contributed by atoms with Crippen molar-refractivity contribution in [1.29, 1.82) is 0 Å². The maximum Gasteiger partial charge on any atom is 0.410 e. The molecule has 2 aliphatic rings. The molecule has 5 nitrogen and oxygen atoms in total. The molecule has 0 radical (unpaired) electrons. The zero-order valence-corrected chi connectivity index (χ0v) is 20.0. The van der Waals surface area contributed by atoms with Gasteiger partial charge >= 0.3 is 6.09 Å². The Morgan fingerprint density at radius 1 is 1.19 bits per heavy atom. The van der Waals surface area contributed by atoms with E-state index < -0.39 is 5.60 Å². The first-order valence-corrected chi connectivity index (χ1v) is 11.8. The van der Waals surface area contributed by atoms with Crippen LogP contribution >= 0.6 is 11.8 Å². The molecule has 0 saturated carbocycles. The minimum atomic E-state index is -0.522. The van der Waals surface area contributed by atoms with Gasteiger partial charge in [-0.15, -0.1) is 0 Å². The van der Waals surface area contributed by atoms with E-state index in [0.717, 1.165) is 27.5 Å². The summed E-state index contributed by atoms with van der Waals surface area (Å²) >= 11 is 1.47. The molecule has 0 spiro atoms. The van der Waals surface area contributed by atoms with Gasteiger partial charge in [0.25, 0.3) is 0 Å². The maximum absolute atomic E-state index is 14.0. The second-order valence-corrected chi connectivity index (χ2v) is 10.7. The van der Waals surface area contributed by atoms with Crippen molar-refractivity contribution in [3.63, 3.8) is 0 Å². The second-order valence-electron chi connectivity index (χ2n) is 9.54. The number of hydrogen-bond donors (Lipinski definition) is 0. The highest BCUT2D eigenvalue weighted by Gasteiger charge is 2.43. The fraction of sp³-hybridized carbons (Fsp3) is 0.480. The van der Waals surface area contributed by atoms with E-state index in [2.05, 4.69) is 6.07 Å². The molecule has 32 heavy (non-hydrogen) atoms. The summed E-state index contributed by atoms with van der Waals surface area (Å²) in [7, 11) is 0. The Kier molecular flexibility index (Phi) is 6.30. The van der Waals surface area contributed by atoms with Crippen LogP contribution in [0.15, 0.2) is 46.2 Å². The molecule has 4 rings (SSSR count). The molecule has 2 atom stereocenters. The van der Waals surface area contributed by atoms with Crippen LogP contribution in [0.25, 0.3) is 0 Å². The standard InChI is InChI=1S/C25H30FNO4S/c1-15(2)30-17-10-16(26)11-19(12-17)32-18-6-7-21-20-8-9-27(24(28)31-25(3,4)5)22(20)14-29-23(21)13-18/h6-7,10-13,15,20,22H,8-9,14H2,1-5H3. The predicted octanol–water partition coefficient (Wildman–Crippen LogP) is 6.25. The number of ether oxygens (including phenoxy) is 3. The predicted molar refractivity (Wildman–Crippen MR) is 122 cm³/mol. The summed E-state index contributed by atoms with van der Waals surface area (Å²) in [6.45, 7) is 10.6. The van der Waals surface area contributed by atoms with Gasteiger partial charge in [-0.25, -0.2) is 9.18 Å².